The molecule has 0 saturated carbocycles. The van der Waals surface area contributed by atoms with E-state index in [1.54, 1.807) is 39.8 Å². The quantitative estimate of drug-likeness (QED) is 0.849. The molecule has 0 radical (unpaired) electrons. The number of phenolic OH excluding ortho intramolecular Hbond substituents is 1. The van der Waals surface area contributed by atoms with Gasteiger partial charge in [-0.05, 0) is 56.7 Å². The third kappa shape index (κ3) is 3.19. The van der Waals surface area contributed by atoms with Gasteiger partial charge in [0.05, 0.1) is 11.2 Å². The molecule has 0 unspecified atom stereocenters. The molecule has 0 atom stereocenters. The highest BCUT2D eigenvalue weighted by atomic mass is 19.1. The summed E-state index contributed by atoms with van der Waals surface area (Å²) in [6, 6.07) is 7.73. The van der Waals surface area contributed by atoms with Gasteiger partial charge >= 0.3 is 7.48 Å². The number of fused-ring (bicyclic) bond motifs is 1. The number of benzene rings is 2. The third-order valence-corrected chi connectivity index (χ3v) is 4.05. The van der Waals surface area contributed by atoms with Gasteiger partial charge in [0.25, 0.3) is 0 Å². The first-order chi connectivity index (χ1) is 9.62. The van der Waals surface area contributed by atoms with Gasteiger partial charge in [-0.25, -0.2) is 4.39 Å². The lowest BCUT2D eigenvalue weighted by Crippen LogP contribution is -2.49. The topological polar surface area (TPSA) is 49.7 Å². The lowest BCUT2D eigenvalue weighted by atomic mass is 9.80. The fourth-order valence-corrected chi connectivity index (χ4v) is 2.00. The van der Waals surface area contributed by atoms with Crippen LogP contribution < -0.4 is 5.46 Å². The molecule has 0 fully saturated rings. The van der Waals surface area contributed by atoms with Crippen molar-refractivity contribution >= 4 is 23.7 Å². The molecular formula is C16H20BFO3. The van der Waals surface area contributed by atoms with Gasteiger partial charge in [0.1, 0.15) is 11.6 Å². The highest BCUT2D eigenvalue weighted by molar-refractivity contribution is 6.51. The van der Waals surface area contributed by atoms with E-state index in [-0.39, 0.29) is 19.0 Å². The molecule has 0 bridgehead atoms. The minimum Gasteiger partial charge on any atom is -0.508 e. The molecule has 2 N–H and O–H groups in total. The van der Waals surface area contributed by atoms with Crippen LogP contribution in [0.1, 0.15) is 27.7 Å². The Morgan fingerprint density at radius 3 is 2.43 bits per heavy atom. The summed E-state index contributed by atoms with van der Waals surface area (Å²) < 4.78 is 19.8. The van der Waals surface area contributed by atoms with Crippen LogP contribution in [0.15, 0.2) is 30.3 Å². The lowest BCUT2D eigenvalue weighted by molar-refractivity contribution is -0.0893. The monoisotopic (exact) mass is 290 g/mol. The predicted octanol–water partition coefficient (Wildman–Crippen LogP) is 2.23. The fourth-order valence-electron chi connectivity index (χ4n) is 2.00. The zero-order chi connectivity index (χ0) is 15.8. The number of aromatic hydroxyl groups is 1. The first kappa shape index (κ1) is 15.8. The van der Waals surface area contributed by atoms with E-state index in [2.05, 4.69) is 0 Å². The number of hydrogen-bond donors (Lipinski definition) is 2. The molecule has 0 saturated heterocycles. The van der Waals surface area contributed by atoms with Crippen molar-refractivity contribution in [2.75, 3.05) is 0 Å². The highest BCUT2D eigenvalue weighted by Crippen LogP contribution is 2.25. The van der Waals surface area contributed by atoms with E-state index in [1.807, 2.05) is 0 Å². The molecule has 5 heteroatoms. The molecule has 0 aromatic heterocycles. The maximum absolute atomic E-state index is 14.0. The molecule has 0 aliphatic rings. The summed E-state index contributed by atoms with van der Waals surface area (Å²) >= 11 is 0. The van der Waals surface area contributed by atoms with Crippen molar-refractivity contribution in [3.05, 3.63) is 36.1 Å². The maximum Gasteiger partial charge on any atom is 0.310 e. The second-order valence-electron chi connectivity index (χ2n) is 6.30. The summed E-state index contributed by atoms with van der Waals surface area (Å²) in [7, 11) is 0.100. The Labute approximate surface area is 124 Å². The lowest BCUT2D eigenvalue weighted by Gasteiger charge is -2.37. The van der Waals surface area contributed by atoms with Gasteiger partial charge in [-0.3, -0.25) is 0 Å². The number of aliphatic hydroxyl groups is 1. The fraction of sp³-hybridized carbons (Fsp3) is 0.375. The molecule has 0 amide bonds. The van der Waals surface area contributed by atoms with Crippen LogP contribution >= 0.6 is 0 Å². The second kappa shape index (κ2) is 5.32. The molecule has 2 aromatic rings. The number of hydrogen-bond acceptors (Lipinski definition) is 3. The normalized spacial score (nSPS) is 12.7. The van der Waals surface area contributed by atoms with Gasteiger partial charge in [0, 0.05) is 5.39 Å². The minimum atomic E-state index is -1.04. The van der Waals surface area contributed by atoms with Crippen LogP contribution in [0.3, 0.4) is 0 Å². The van der Waals surface area contributed by atoms with Gasteiger partial charge in [-0.1, -0.05) is 12.1 Å². The first-order valence-corrected chi connectivity index (χ1v) is 6.88. The smallest absolute Gasteiger partial charge is 0.310 e. The van der Waals surface area contributed by atoms with Crippen LogP contribution in [-0.2, 0) is 4.65 Å². The number of rotatable bonds is 4. The van der Waals surface area contributed by atoms with E-state index in [0.29, 0.717) is 16.2 Å². The number of halogens is 1. The Bertz CT molecular complexity index is 662. The second-order valence-corrected chi connectivity index (χ2v) is 6.30. The van der Waals surface area contributed by atoms with Crippen molar-refractivity contribution in [3.63, 3.8) is 0 Å². The molecule has 21 heavy (non-hydrogen) atoms. The van der Waals surface area contributed by atoms with Crippen LogP contribution in [-0.4, -0.2) is 28.9 Å². The van der Waals surface area contributed by atoms with Gasteiger partial charge < -0.3 is 14.9 Å². The van der Waals surface area contributed by atoms with E-state index in [0.717, 1.165) is 0 Å². The van der Waals surface area contributed by atoms with E-state index in [4.69, 9.17) is 4.65 Å². The molecule has 0 aliphatic heterocycles. The standard InChI is InChI=1S/C16H20BFO3/c1-15(2,20)16(3,4)21-17-12-9-11(19)8-10-6-5-7-13(18)14(10)12/h5-9,17,19-20H,1-4H3. The minimum absolute atomic E-state index is 0.0627. The van der Waals surface area contributed by atoms with E-state index in [1.165, 1.54) is 18.2 Å². The summed E-state index contributed by atoms with van der Waals surface area (Å²) in [5.41, 5.74) is -1.30. The average molecular weight is 290 g/mol. The maximum atomic E-state index is 14.0. The Balaban J connectivity index is 2.39. The molecule has 2 rings (SSSR count). The zero-order valence-corrected chi connectivity index (χ0v) is 12.8. The molecule has 2 aromatic carbocycles. The van der Waals surface area contributed by atoms with Crippen molar-refractivity contribution in [2.45, 2.75) is 38.9 Å². The summed E-state index contributed by atoms with van der Waals surface area (Å²) in [5.74, 6) is -0.292. The Hall–Kier alpha value is -1.59. The van der Waals surface area contributed by atoms with Crippen LogP contribution in [0.25, 0.3) is 10.8 Å². The molecule has 0 heterocycles. The molecule has 112 valence electrons. The van der Waals surface area contributed by atoms with Crippen molar-refractivity contribution in [1.29, 1.82) is 0 Å². The van der Waals surface area contributed by atoms with E-state index >= 15 is 0 Å². The SMILES string of the molecule is CC(C)(O)C(C)(C)OBc1cc(O)cc2cccc(F)c12. The van der Waals surface area contributed by atoms with Crippen LogP contribution in [0.5, 0.6) is 5.75 Å². The molecule has 0 aliphatic carbocycles. The number of phenols is 1. The third-order valence-electron chi connectivity index (χ3n) is 4.05. The van der Waals surface area contributed by atoms with Gasteiger partial charge in [0.15, 0.2) is 0 Å². The molecule has 3 nitrogen and oxygen atoms in total. The van der Waals surface area contributed by atoms with Crippen molar-refractivity contribution in [2.24, 2.45) is 0 Å². The first-order valence-electron chi connectivity index (χ1n) is 6.88. The van der Waals surface area contributed by atoms with Crippen molar-refractivity contribution in [3.8, 4) is 5.75 Å². The van der Waals surface area contributed by atoms with Gasteiger partial charge in [0.2, 0.25) is 0 Å². The predicted molar refractivity (Wildman–Crippen MR) is 83.8 cm³/mol. The summed E-state index contributed by atoms with van der Waals surface area (Å²) in [6.07, 6.45) is 0. The van der Waals surface area contributed by atoms with Crippen LogP contribution in [0, 0.1) is 5.82 Å². The van der Waals surface area contributed by atoms with Crippen LogP contribution in [0.2, 0.25) is 0 Å². The zero-order valence-electron chi connectivity index (χ0n) is 12.8. The Morgan fingerprint density at radius 1 is 1.14 bits per heavy atom. The summed E-state index contributed by atoms with van der Waals surface area (Å²) in [6.45, 7) is 6.87. The van der Waals surface area contributed by atoms with Crippen molar-refractivity contribution < 1.29 is 19.3 Å². The van der Waals surface area contributed by atoms with Crippen LogP contribution in [0.4, 0.5) is 4.39 Å². The summed E-state index contributed by atoms with van der Waals surface area (Å²) in [4.78, 5) is 0. The molecular weight excluding hydrogens is 270 g/mol. The summed E-state index contributed by atoms with van der Waals surface area (Å²) in [5, 5.41) is 20.9. The van der Waals surface area contributed by atoms with E-state index in [9.17, 15) is 14.6 Å². The average Bonchev–Trinajstić information content (AvgIpc) is 2.34. The van der Waals surface area contributed by atoms with Gasteiger partial charge in [-0.15, -0.1) is 0 Å². The largest absolute Gasteiger partial charge is 0.508 e. The molecule has 0 spiro atoms. The Kier molecular flexibility index (Phi) is 4.00. The van der Waals surface area contributed by atoms with E-state index < -0.39 is 11.2 Å². The van der Waals surface area contributed by atoms with Crippen molar-refractivity contribution in [1.82, 2.24) is 0 Å². The highest BCUT2D eigenvalue weighted by Gasteiger charge is 2.35. The van der Waals surface area contributed by atoms with Gasteiger partial charge in [-0.2, -0.15) is 0 Å². The Morgan fingerprint density at radius 2 is 1.81 bits per heavy atom.